The summed E-state index contributed by atoms with van der Waals surface area (Å²) in [6.45, 7) is 2.02. The first-order valence-corrected chi connectivity index (χ1v) is 12.0. The van der Waals surface area contributed by atoms with Crippen LogP contribution in [-0.4, -0.2) is 23.9 Å². The SMILES string of the molecule is O=C(Nc1sc2c(c1[C@@H](c1ccc(F)cc1)N1CCCCC1)CCCC2)c1ccco1. The predicted octanol–water partition coefficient (Wildman–Crippen LogP) is 6.19. The lowest BCUT2D eigenvalue weighted by Gasteiger charge is -2.36. The van der Waals surface area contributed by atoms with E-state index in [-0.39, 0.29) is 17.8 Å². The van der Waals surface area contributed by atoms with E-state index in [9.17, 15) is 9.18 Å². The molecule has 0 radical (unpaired) electrons. The smallest absolute Gasteiger partial charge is 0.291 e. The summed E-state index contributed by atoms with van der Waals surface area (Å²) in [6, 6.07) is 10.3. The number of benzene rings is 1. The third-order valence-corrected chi connectivity index (χ3v) is 7.62. The Hall–Kier alpha value is -2.44. The number of likely N-dealkylation sites (tertiary alicyclic amines) is 1. The molecule has 6 heteroatoms. The van der Waals surface area contributed by atoms with Gasteiger partial charge in [-0.2, -0.15) is 0 Å². The molecule has 2 aromatic heterocycles. The van der Waals surface area contributed by atoms with Gasteiger partial charge in [-0.15, -0.1) is 11.3 Å². The molecule has 3 aromatic rings. The molecule has 1 aliphatic carbocycles. The van der Waals surface area contributed by atoms with E-state index in [2.05, 4.69) is 10.2 Å². The normalized spacial score (nSPS) is 17.8. The number of fused-ring (bicyclic) bond motifs is 1. The van der Waals surface area contributed by atoms with E-state index in [1.165, 1.54) is 41.5 Å². The molecule has 3 heterocycles. The lowest BCUT2D eigenvalue weighted by molar-refractivity contribution is 0.0996. The minimum absolute atomic E-state index is 0.0194. The molecule has 1 saturated heterocycles. The number of hydrogen-bond acceptors (Lipinski definition) is 4. The Bertz CT molecular complexity index is 1040. The van der Waals surface area contributed by atoms with Crippen molar-refractivity contribution < 1.29 is 13.6 Å². The summed E-state index contributed by atoms with van der Waals surface area (Å²) in [5.74, 6) is -0.130. The van der Waals surface area contributed by atoms with Crippen molar-refractivity contribution in [3.8, 4) is 0 Å². The molecule has 162 valence electrons. The van der Waals surface area contributed by atoms with Gasteiger partial charge < -0.3 is 9.73 Å². The van der Waals surface area contributed by atoms with Crippen LogP contribution in [0.15, 0.2) is 47.1 Å². The molecule has 4 nitrogen and oxygen atoms in total. The van der Waals surface area contributed by atoms with Crippen molar-refractivity contribution in [3.05, 3.63) is 75.8 Å². The average molecular weight is 439 g/mol. The Morgan fingerprint density at radius 2 is 1.81 bits per heavy atom. The van der Waals surface area contributed by atoms with E-state index in [0.29, 0.717) is 5.76 Å². The Balaban J connectivity index is 1.60. The number of piperidine rings is 1. The number of thiophene rings is 1. The summed E-state index contributed by atoms with van der Waals surface area (Å²) >= 11 is 1.70. The van der Waals surface area contributed by atoms with E-state index in [1.54, 1.807) is 35.6 Å². The van der Waals surface area contributed by atoms with Crippen LogP contribution in [0.3, 0.4) is 0 Å². The number of aryl methyl sites for hydroxylation is 1. The first-order valence-electron chi connectivity index (χ1n) is 11.2. The van der Waals surface area contributed by atoms with Crippen molar-refractivity contribution in [2.75, 3.05) is 18.4 Å². The van der Waals surface area contributed by atoms with Gasteiger partial charge in [0.25, 0.3) is 5.91 Å². The molecular weight excluding hydrogens is 411 g/mol. The van der Waals surface area contributed by atoms with Gasteiger partial charge in [-0.05, 0) is 87.0 Å². The number of carbonyl (C=O) groups is 1. The monoisotopic (exact) mass is 438 g/mol. The second-order valence-corrected chi connectivity index (χ2v) is 9.54. The first kappa shape index (κ1) is 20.5. The van der Waals surface area contributed by atoms with Crippen LogP contribution in [0.2, 0.25) is 0 Å². The van der Waals surface area contributed by atoms with Crippen LogP contribution in [0.4, 0.5) is 9.39 Å². The number of furan rings is 1. The third-order valence-electron chi connectivity index (χ3n) is 6.40. The summed E-state index contributed by atoms with van der Waals surface area (Å²) < 4.78 is 19.1. The van der Waals surface area contributed by atoms with E-state index in [4.69, 9.17) is 4.42 Å². The second-order valence-electron chi connectivity index (χ2n) is 8.44. The van der Waals surface area contributed by atoms with Crippen molar-refractivity contribution in [2.24, 2.45) is 0 Å². The summed E-state index contributed by atoms with van der Waals surface area (Å²) in [6.07, 6.45) is 9.53. The molecule has 1 amide bonds. The van der Waals surface area contributed by atoms with Gasteiger partial charge in [-0.3, -0.25) is 9.69 Å². The van der Waals surface area contributed by atoms with Gasteiger partial charge in [0.1, 0.15) is 10.8 Å². The van der Waals surface area contributed by atoms with Gasteiger partial charge >= 0.3 is 0 Å². The Kier molecular flexibility index (Phi) is 5.92. The van der Waals surface area contributed by atoms with Gasteiger partial charge in [0.05, 0.1) is 12.3 Å². The Labute approximate surface area is 186 Å². The molecule has 0 bridgehead atoms. The van der Waals surface area contributed by atoms with Crippen LogP contribution in [0.25, 0.3) is 0 Å². The summed E-state index contributed by atoms with van der Waals surface area (Å²) in [5, 5.41) is 4.07. The summed E-state index contributed by atoms with van der Waals surface area (Å²) in [4.78, 5) is 16.7. The molecule has 0 spiro atoms. The van der Waals surface area contributed by atoms with Crippen LogP contribution in [0.5, 0.6) is 0 Å². The van der Waals surface area contributed by atoms with Gasteiger partial charge in [0, 0.05) is 10.4 Å². The molecule has 0 unspecified atom stereocenters. The first-order chi connectivity index (χ1) is 15.2. The maximum Gasteiger partial charge on any atom is 0.291 e. The molecule has 1 aliphatic heterocycles. The van der Waals surface area contributed by atoms with Crippen LogP contribution in [-0.2, 0) is 12.8 Å². The predicted molar refractivity (Wildman–Crippen MR) is 121 cm³/mol. The molecule has 1 fully saturated rings. The molecule has 0 saturated carbocycles. The van der Waals surface area contributed by atoms with Crippen LogP contribution >= 0.6 is 11.3 Å². The summed E-state index contributed by atoms with van der Waals surface area (Å²) in [5.41, 5.74) is 3.67. The second kappa shape index (κ2) is 8.97. The van der Waals surface area contributed by atoms with E-state index < -0.39 is 0 Å². The molecular formula is C25H27FN2O2S. The standard InChI is InChI=1S/C25H27FN2O2S/c26-18-12-10-17(11-13-18)23(28-14-4-1-5-15-28)22-19-7-2-3-9-21(19)31-25(22)27-24(29)20-8-6-16-30-20/h6,8,10-13,16,23H,1-5,7,9,14-15H2,(H,27,29)/t23-/m1/s1. The maximum atomic E-state index is 13.7. The topological polar surface area (TPSA) is 45.5 Å². The fourth-order valence-electron chi connectivity index (χ4n) is 4.93. The maximum absolute atomic E-state index is 13.7. The Morgan fingerprint density at radius 1 is 1.03 bits per heavy atom. The molecule has 5 rings (SSSR count). The van der Waals surface area contributed by atoms with E-state index in [1.807, 2.05) is 12.1 Å². The fourth-order valence-corrected chi connectivity index (χ4v) is 6.24. The highest BCUT2D eigenvalue weighted by Gasteiger charge is 2.33. The number of nitrogens with zero attached hydrogens (tertiary/aromatic N) is 1. The number of nitrogens with one attached hydrogen (secondary N) is 1. The highest BCUT2D eigenvalue weighted by atomic mass is 32.1. The Morgan fingerprint density at radius 3 is 2.55 bits per heavy atom. The minimum atomic E-state index is -0.222. The zero-order chi connectivity index (χ0) is 21.2. The molecule has 1 N–H and O–H groups in total. The highest BCUT2D eigenvalue weighted by Crippen LogP contribution is 2.46. The summed E-state index contributed by atoms with van der Waals surface area (Å²) in [7, 11) is 0. The van der Waals surface area contributed by atoms with Crippen LogP contribution in [0.1, 0.15) is 70.3 Å². The van der Waals surface area contributed by atoms with Gasteiger partial charge in [-0.1, -0.05) is 18.6 Å². The number of anilines is 1. The average Bonchev–Trinajstić information content (AvgIpc) is 3.45. The highest BCUT2D eigenvalue weighted by molar-refractivity contribution is 7.16. The van der Waals surface area contributed by atoms with Crippen molar-refractivity contribution in [3.63, 3.8) is 0 Å². The number of rotatable bonds is 5. The van der Waals surface area contributed by atoms with Crippen molar-refractivity contribution >= 4 is 22.2 Å². The fraction of sp³-hybridized carbons (Fsp3) is 0.400. The number of carbonyl (C=O) groups excluding carboxylic acids is 1. The molecule has 2 aliphatic rings. The quantitative estimate of drug-likeness (QED) is 0.517. The molecule has 31 heavy (non-hydrogen) atoms. The van der Waals surface area contributed by atoms with Gasteiger partial charge in [0.2, 0.25) is 0 Å². The zero-order valence-corrected chi connectivity index (χ0v) is 18.3. The van der Waals surface area contributed by atoms with E-state index in [0.717, 1.165) is 49.3 Å². The van der Waals surface area contributed by atoms with Crippen LogP contribution < -0.4 is 5.32 Å². The van der Waals surface area contributed by atoms with Gasteiger partial charge in [0.15, 0.2) is 5.76 Å². The number of halogens is 1. The lowest BCUT2D eigenvalue weighted by atomic mass is 9.88. The molecule has 1 aromatic carbocycles. The third kappa shape index (κ3) is 4.19. The molecule has 1 atom stereocenters. The lowest BCUT2D eigenvalue weighted by Crippen LogP contribution is -2.35. The largest absolute Gasteiger partial charge is 0.459 e. The van der Waals surface area contributed by atoms with Crippen molar-refractivity contribution in [2.45, 2.75) is 51.0 Å². The number of amides is 1. The minimum Gasteiger partial charge on any atom is -0.459 e. The van der Waals surface area contributed by atoms with Gasteiger partial charge in [-0.25, -0.2) is 4.39 Å². The van der Waals surface area contributed by atoms with E-state index >= 15 is 0 Å². The number of hydrogen-bond donors (Lipinski definition) is 1. The zero-order valence-electron chi connectivity index (χ0n) is 17.5. The van der Waals surface area contributed by atoms with Crippen molar-refractivity contribution in [1.29, 1.82) is 0 Å². The van der Waals surface area contributed by atoms with Crippen molar-refractivity contribution in [1.82, 2.24) is 4.90 Å². The van der Waals surface area contributed by atoms with Crippen LogP contribution in [0, 0.1) is 5.82 Å².